The van der Waals surface area contributed by atoms with Crippen LogP contribution in [0.5, 0.6) is 0 Å². The second-order valence-corrected chi connectivity index (χ2v) is 6.15. The number of rotatable bonds is 8. The summed E-state index contributed by atoms with van der Waals surface area (Å²) >= 11 is 0. The molecule has 1 heterocycles. The summed E-state index contributed by atoms with van der Waals surface area (Å²) in [5.41, 5.74) is 0. The largest absolute Gasteiger partial charge is 0.313 e. The fourth-order valence-electron chi connectivity index (χ4n) is 3.43. The SMILES string of the molecule is CCNC(CN(C)CC1CCCN1CC)C1CC1. The summed E-state index contributed by atoms with van der Waals surface area (Å²) in [7, 11) is 2.30. The highest BCUT2D eigenvalue weighted by Gasteiger charge is 2.32. The lowest BCUT2D eigenvalue weighted by Gasteiger charge is -2.30. The van der Waals surface area contributed by atoms with Gasteiger partial charge in [-0.15, -0.1) is 0 Å². The lowest BCUT2D eigenvalue weighted by atomic mass is 10.1. The van der Waals surface area contributed by atoms with E-state index in [9.17, 15) is 0 Å². The highest BCUT2D eigenvalue weighted by atomic mass is 15.2. The van der Waals surface area contributed by atoms with E-state index in [4.69, 9.17) is 0 Å². The van der Waals surface area contributed by atoms with Crippen LogP contribution in [0.25, 0.3) is 0 Å². The highest BCUT2D eigenvalue weighted by Crippen LogP contribution is 2.33. The smallest absolute Gasteiger partial charge is 0.0223 e. The van der Waals surface area contributed by atoms with Gasteiger partial charge in [0.25, 0.3) is 0 Å². The summed E-state index contributed by atoms with van der Waals surface area (Å²) in [6, 6.07) is 1.54. The Balaban J connectivity index is 1.74. The Labute approximate surface area is 113 Å². The molecule has 1 saturated heterocycles. The van der Waals surface area contributed by atoms with Gasteiger partial charge in [0, 0.05) is 25.2 Å². The molecule has 3 nitrogen and oxygen atoms in total. The van der Waals surface area contributed by atoms with Crippen LogP contribution in [0.1, 0.15) is 39.5 Å². The predicted octanol–water partition coefficient (Wildman–Crippen LogP) is 1.79. The third kappa shape index (κ3) is 3.94. The minimum absolute atomic E-state index is 0.733. The molecule has 0 spiro atoms. The summed E-state index contributed by atoms with van der Waals surface area (Å²) in [5, 5.41) is 3.67. The van der Waals surface area contributed by atoms with Crippen molar-refractivity contribution in [1.29, 1.82) is 0 Å². The molecule has 0 aromatic carbocycles. The average molecular weight is 253 g/mol. The van der Waals surface area contributed by atoms with Crippen LogP contribution >= 0.6 is 0 Å². The molecular formula is C15H31N3. The van der Waals surface area contributed by atoms with Gasteiger partial charge in [0.05, 0.1) is 0 Å². The lowest BCUT2D eigenvalue weighted by Crippen LogP contribution is -2.45. The van der Waals surface area contributed by atoms with E-state index in [1.54, 1.807) is 0 Å². The summed E-state index contributed by atoms with van der Waals surface area (Å²) in [5.74, 6) is 0.957. The molecular weight excluding hydrogens is 222 g/mol. The van der Waals surface area contributed by atoms with Crippen molar-refractivity contribution in [3.8, 4) is 0 Å². The van der Waals surface area contributed by atoms with Gasteiger partial charge in [0.1, 0.15) is 0 Å². The number of hydrogen-bond acceptors (Lipinski definition) is 3. The van der Waals surface area contributed by atoms with Crippen molar-refractivity contribution >= 4 is 0 Å². The monoisotopic (exact) mass is 253 g/mol. The Bertz CT molecular complexity index is 236. The van der Waals surface area contributed by atoms with Gasteiger partial charge < -0.3 is 10.2 Å². The van der Waals surface area contributed by atoms with E-state index in [-0.39, 0.29) is 0 Å². The first kappa shape index (κ1) is 14.3. The van der Waals surface area contributed by atoms with Crippen LogP contribution in [0.15, 0.2) is 0 Å². The van der Waals surface area contributed by atoms with Gasteiger partial charge >= 0.3 is 0 Å². The van der Waals surface area contributed by atoms with E-state index in [1.807, 2.05) is 0 Å². The minimum Gasteiger partial charge on any atom is -0.313 e. The first-order valence-electron chi connectivity index (χ1n) is 7.90. The minimum atomic E-state index is 0.733. The second kappa shape index (κ2) is 6.88. The van der Waals surface area contributed by atoms with Crippen molar-refractivity contribution in [1.82, 2.24) is 15.1 Å². The molecule has 1 aliphatic carbocycles. The number of nitrogens with zero attached hydrogens (tertiary/aromatic N) is 2. The van der Waals surface area contributed by atoms with Gasteiger partial charge in [-0.3, -0.25) is 4.90 Å². The number of likely N-dealkylation sites (tertiary alicyclic amines) is 1. The molecule has 0 bridgehead atoms. The third-order valence-corrected chi connectivity index (χ3v) is 4.59. The quantitative estimate of drug-likeness (QED) is 0.711. The number of likely N-dealkylation sites (N-methyl/N-ethyl adjacent to an activating group) is 3. The Morgan fingerprint density at radius 1 is 1.28 bits per heavy atom. The molecule has 2 unspecified atom stereocenters. The van der Waals surface area contributed by atoms with Crippen molar-refractivity contribution < 1.29 is 0 Å². The lowest BCUT2D eigenvalue weighted by molar-refractivity contribution is 0.184. The molecule has 0 aromatic heterocycles. The second-order valence-electron chi connectivity index (χ2n) is 6.15. The van der Waals surface area contributed by atoms with E-state index in [1.165, 1.54) is 51.9 Å². The summed E-state index contributed by atoms with van der Waals surface area (Å²) < 4.78 is 0. The van der Waals surface area contributed by atoms with E-state index >= 15 is 0 Å². The zero-order chi connectivity index (χ0) is 13.0. The summed E-state index contributed by atoms with van der Waals surface area (Å²) in [6.07, 6.45) is 5.67. The zero-order valence-corrected chi connectivity index (χ0v) is 12.5. The molecule has 3 heteroatoms. The normalized spacial score (nSPS) is 27.0. The van der Waals surface area contributed by atoms with Crippen LogP contribution in [0.2, 0.25) is 0 Å². The van der Waals surface area contributed by atoms with Crippen LogP contribution in [-0.2, 0) is 0 Å². The molecule has 0 amide bonds. The van der Waals surface area contributed by atoms with Gasteiger partial charge in [-0.05, 0) is 58.3 Å². The van der Waals surface area contributed by atoms with Gasteiger partial charge in [-0.25, -0.2) is 0 Å². The van der Waals surface area contributed by atoms with Crippen LogP contribution < -0.4 is 5.32 Å². The van der Waals surface area contributed by atoms with Crippen molar-refractivity contribution in [3.05, 3.63) is 0 Å². The topological polar surface area (TPSA) is 18.5 Å². The van der Waals surface area contributed by atoms with Crippen molar-refractivity contribution in [2.45, 2.75) is 51.6 Å². The third-order valence-electron chi connectivity index (χ3n) is 4.59. The molecule has 1 aliphatic heterocycles. The van der Waals surface area contributed by atoms with Crippen LogP contribution in [0, 0.1) is 5.92 Å². The maximum absolute atomic E-state index is 3.67. The Morgan fingerprint density at radius 3 is 2.67 bits per heavy atom. The maximum Gasteiger partial charge on any atom is 0.0223 e. The molecule has 18 heavy (non-hydrogen) atoms. The standard InChI is InChI=1S/C15H31N3/c1-4-16-15(13-8-9-13)12-17(3)11-14-7-6-10-18(14)5-2/h13-16H,4-12H2,1-3H3. The van der Waals surface area contributed by atoms with Crippen molar-refractivity contribution in [2.24, 2.45) is 5.92 Å². The maximum atomic E-state index is 3.67. The van der Waals surface area contributed by atoms with Gasteiger partial charge in [-0.1, -0.05) is 13.8 Å². The van der Waals surface area contributed by atoms with Gasteiger partial charge in [0.2, 0.25) is 0 Å². The molecule has 106 valence electrons. The molecule has 2 rings (SSSR count). The highest BCUT2D eigenvalue weighted by molar-refractivity contribution is 4.89. The number of hydrogen-bond donors (Lipinski definition) is 1. The Hall–Kier alpha value is -0.120. The number of nitrogens with one attached hydrogen (secondary N) is 1. The molecule has 2 fully saturated rings. The van der Waals surface area contributed by atoms with Gasteiger partial charge in [0.15, 0.2) is 0 Å². The first-order chi connectivity index (χ1) is 8.74. The van der Waals surface area contributed by atoms with E-state index in [0.717, 1.165) is 24.5 Å². The van der Waals surface area contributed by atoms with Crippen LogP contribution in [-0.4, -0.2) is 61.7 Å². The fraction of sp³-hybridized carbons (Fsp3) is 1.00. The van der Waals surface area contributed by atoms with Crippen molar-refractivity contribution in [3.63, 3.8) is 0 Å². The van der Waals surface area contributed by atoms with E-state index < -0.39 is 0 Å². The molecule has 0 radical (unpaired) electrons. The molecule has 1 saturated carbocycles. The fourth-order valence-corrected chi connectivity index (χ4v) is 3.43. The molecule has 0 aromatic rings. The molecule has 1 N–H and O–H groups in total. The van der Waals surface area contributed by atoms with Crippen LogP contribution in [0.3, 0.4) is 0 Å². The van der Waals surface area contributed by atoms with Crippen LogP contribution in [0.4, 0.5) is 0 Å². The molecule has 2 atom stereocenters. The Kier molecular flexibility index (Phi) is 5.46. The van der Waals surface area contributed by atoms with E-state index in [0.29, 0.717) is 0 Å². The summed E-state index contributed by atoms with van der Waals surface area (Å²) in [4.78, 5) is 5.21. The first-order valence-corrected chi connectivity index (χ1v) is 7.90. The molecule has 2 aliphatic rings. The zero-order valence-electron chi connectivity index (χ0n) is 12.5. The summed E-state index contributed by atoms with van der Waals surface area (Å²) in [6.45, 7) is 10.6. The van der Waals surface area contributed by atoms with Crippen molar-refractivity contribution in [2.75, 3.05) is 39.8 Å². The average Bonchev–Trinajstić information content (AvgIpc) is 3.10. The Morgan fingerprint density at radius 2 is 2.06 bits per heavy atom. The predicted molar refractivity (Wildman–Crippen MR) is 78.0 cm³/mol. The van der Waals surface area contributed by atoms with E-state index in [2.05, 4.69) is 36.0 Å². The van der Waals surface area contributed by atoms with Gasteiger partial charge in [-0.2, -0.15) is 0 Å².